The van der Waals surface area contributed by atoms with Crippen LogP contribution in [0.1, 0.15) is 27.0 Å². The predicted octanol–water partition coefficient (Wildman–Crippen LogP) is 7.06. The SMILES string of the molecule is Cc1ccc(Sc2ccc(/C=C/C(=O)c3ccc(NS(=O)(=O)c4ccc(C)cc4)cc3)cc2[N+](=O)[O-])cc1. The van der Waals surface area contributed by atoms with Gasteiger partial charge in [0.1, 0.15) is 0 Å². The van der Waals surface area contributed by atoms with Gasteiger partial charge in [-0.25, -0.2) is 8.42 Å². The summed E-state index contributed by atoms with van der Waals surface area (Å²) in [6.07, 6.45) is 2.85. The number of nitro groups is 1. The normalized spacial score (nSPS) is 11.4. The van der Waals surface area contributed by atoms with E-state index in [0.29, 0.717) is 21.7 Å². The molecule has 192 valence electrons. The zero-order valence-corrected chi connectivity index (χ0v) is 22.3. The number of benzene rings is 4. The average molecular weight is 545 g/mol. The van der Waals surface area contributed by atoms with Crippen molar-refractivity contribution in [3.63, 3.8) is 0 Å². The summed E-state index contributed by atoms with van der Waals surface area (Å²) in [5, 5.41) is 11.7. The first-order valence-corrected chi connectivity index (χ1v) is 13.9. The molecule has 0 atom stereocenters. The molecule has 0 aromatic heterocycles. The summed E-state index contributed by atoms with van der Waals surface area (Å²) < 4.78 is 27.6. The molecule has 0 amide bonds. The molecule has 0 aliphatic carbocycles. The third-order valence-electron chi connectivity index (χ3n) is 5.61. The Morgan fingerprint density at radius 2 is 1.47 bits per heavy atom. The van der Waals surface area contributed by atoms with E-state index in [9.17, 15) is 23.3 Å². The zero-order chi connectivity index (χ0) is 27.3. The molecule has 0 unspecified atom stereocenters. The van der Waals surface area contributed by atoms with Crippen molar-refractivity contribution >= 4 is 45.0 Å². The van der Waals surface area contributed by atoms with Crippen LogP contribution in [0.2, 0.25) is 0 Å². The summed E-state index contributed by atoms with van der Waals surface area (Å²) in [6, 6.07) is 25.1. The average Bonchev–Trinajstić information content (AvgIpc) is 2.89. The highest BCUT2D eigenvalue weighted by atomic mass is 32.2. The number of ketones is 1. The maximum absolute atomic E-state index is 12.7. The van der Waals surface area contributed by atoms with Crippen molar-refractivity contribution in [3.8, 4) is 0 Å². The molecule has 0 saturated carbocycles. The first kappa shape index (κ1) is 26.8. The minimum atomic E-state index is -3.75. The maximum atomic E-state index is 12.7. The molecule has 0 spiro atoms. The lowest BCUT2D eigenvalue weighted by molar-refractivity contribution is -0.387. The van der Waals surface area contributed by atoms with E-state index in [1.165, 1.54) is 66.4 Å². The number of nitrogens with zero attached hydrogens (tertiary/aromatic N) is 1. The summed E-state index contributed by atoms with van der Waals surface area (Å²) in [6.45, 7) is 3.84. The number of aryl methyl sites for hydroxylation is 2. The van der Waals surface area contributed by atoms with E-state index < -0.39 is 14.9 Å². The highest BCUT2D eigenvalue weighted by molar-refractivity contribution is 7.99. The van der Waals surface area contributed by atoms with Gasteiger partial charge in [0, 0.05) is 22.2 Å². The number of nitrogens with one attached hydrogen (secondary N) is 1. The van der Waals surface area contributed by atoms with Crippen LogP contribution in [0.3, 0.4) is 0 Å². The lowest BCUT2D eigenvalue weighted by Crippen LogP contribution is -2.13. The van der Waals surface area contributed by atoms with Crippen molar-refractivity contribution in [2.24, 2.45) is 0 Å². The number of carbonyl (C=O) groups excluding carboxylic acids is 1. The molecule has 0 fully saturated rings. The van der Waals surface area contributed by atoms with Gasteiger partial charge in [0.25, 0.3) is 15.7 Å². The molecule has 0 bridgehead atoms. The summed E-state index contributed by atoms with van der Waals surface area (Å²) in [7, 11) is -3.75. The number of anilines is 1. The van der Waals surface area contributed by atoms with Crippen molar-refractivity contribution in [2.45, 2.75) is 28.5 Å². The predicted molar refractivity (Wildman–Crippen MR) is 150 cm³/mol. The fraction of sp³-hybridized carbons (Fsp3) is 0.0690. The van der Waals surface area contributed by atoms with Gasteiger partial charge in [0.05, 0.1) is 14.7 Å². The van der Waals surface area contributed by atoms with Crippen LogP contribution in [0.4, 0.5) is 11.4 Å². The molecule has 4 aromatic carbocycles. The number of hydrogen-bond donors (Lipinski definition) is 1. The van der Waals surface area contributed by atoms with Gasteiger partial charge in [-0.2, -0.15) is 0 Å². The van der Waals surface area contributed by atoms with Crippen molar-refractivity contribution in [2.75, 3.05) is 4.72 Å². The lowest BCUT2D eigenvalue weighted by Gasteiger charge is -2.08. The minimum absolute atomic E-state index is 0.0459. The number of allylic oxidation sites excluding steroid dienone is 1. The third kappa shape index (κ3) is 6.76. The van der Waals surface area contributed by atoms with Crippen LogP contribution >= 0.6 is 11.8 Å². The van der Waals surface area contributed by atoms with Crippen LogP contribution in [-0.4, -0.2) is 19.1 Å². The molecular weight excluding hydrogens is 520 g/mol. The van der Waals surface area contributed by atoms with Crippen LogP contribution in [0.5, 0.6) is 0 Å². The first-order valence-electron chi connectivity index (χ1n) is 11.6. The van der Waals surface area contributed by atoms with Crippen molar-refractivity contribution in [3.05, 3.63) is 129 Å². The number of nitro benzene ring substituents is 1. The number of sulfonamides is 1. The number of hydrogen-bond acceptors (Lipinski definition) is 6. The molecule has 38 heavy (non-hydrogen) atoms. The van der Waals surface area contributed by atoms with E-state index in [2.05, 4.69) is 4.72 Å². The van der Waals surface area contributed by atoms with Crippen LogP contribution in [0.15, 0.2) is 112 Å². The molecule has 4 aromatic rings. The molecule has 0 saturated heterocycles. The molecule has 0 radical (unpaired) electrons. The number of rotatable bonds is 9. The summed E-state index contributed by atoms with van der Waals surface area (Å²) >= 11 is 1.30. The van der Waals surface area contributed by atoms with Crippen molar-refractivity contribution in [1.29, 1.82) is 0 Å². The quantitative estimate of drug-likeness (QED) is 0.105. The Morgan fingerprint density at radius 1 is 0.868 bits per heavy atom. The van der Waals surface area contributed by atoms with E-state index in [0.717, 1.165) is 16.0 Å². The largest absolute Gasteiger partial charge is 0.289 e. The van der Waals surface area contributed by atoms with E-state index in [1.807, 2.05) is 38.1 Å². The second-order valence-electron chi connectivity index (χ2n) is 8.59. The molecule has 0 aliphatic heterocycles. The molecule has 0 heterocycles. The molecule has 4 rings (SSSR count). The van der Waals surface area contributed by atoms with Gasteiger partial charge in [0.15, 0.2) is 5.78 Å². The second kappa shape index (κ2) is 11.5. The zero-order valence-electron chi connectivity index (χ0n) is 20.6. The van der Waals surface area contributed by atoms with Crippen molar-refractivity contribution < 1.29 is 18.1 Å². The molecule has 9 heteroatoms. The number of carbonyl (C=O) groups is 1. The Bertz CT molecular complexity index is 1610. The van der Waals surface area contributed by atoms with Crippen LogP contribution in [0.25, 0.3) is 6.08 Å². The lowest BCUT2D eigenvalue weighted by atomic mass is 10.1. The monoisotopic (exact) mass is 544 g/mol. The molecule has 0 aliphatic rings. The summed E-state index contributed by atoms with van der Waals surface area (Å²) in [5.41, 5.74) is 3.19. The van der Waals surface area contributed by atoms with Crippen LogP contribution < -0.4 is 4.72 Å². The van der Waals surface area contributed by atoms with Gasteiger partial charge in [-0.3, -0.25) is 19.6 Å². The van der Waals surface area contributed by atoms with Gasteiger partial charge >= 0.3 is 0 Å². The first-order chi connectivity index (χ1) is 18.1. The summed E-state index contributed by atoms with van der Waals surface area (Å²) in [4.78, 5) is 25.4. The van der Waals surface area contributed by atoms with E-state index in [4.69, 9.17) is 0 Å². The topological polar surface area (TPSA) is 106 Å². The van der Waals surface area contributed by atoms with Gasteiger partial charge in [0.2, 0.25) is 0 Å². The highest BCUT2D eigenvalue weighted by Crippen LogP contribution is 2.35. The standard InChI is InChI=1S/C29H24N2O5S2/c1-20-3-13-25(14-4-20)37-29-18-8-22(19-27(29)31(33)34)7-17-28(32)23-9-11-24(12-10-23)30-38(35,36)26-15-5-21(2)6-16-26/h3-19,30H,1-2H3/b17-7+. The van der Waals surface area contributed by atoms with Crippen LogP contribution in [-0.2, 0) is 10.0 Å². The fourth-order valence-electron chi connectivity index (χ4n) is 3.50. The van der Waals surface area contributed by atoms with Crippen LogP contribution in [0, 0.1) is 24.0 Å². The Kier molecular flexibility index (Phi) is 8.09. The van der Waals surface area contributed by atoms with Gasteiger partial charge in [-0.05, 0) is 80.1 Å². The van der Waals surface area contributed by atoms with Gasteiger partial charge < -0.3 is 0 Å². The smallest absolute Gasteiger partial charge is 0.283 e. The molecule has 7 nitrogen and oxygen atoms in total. The van der Waals surface area contributed by atoms with Crippen molar-refractivity contribution in [1.82, 2.24) is 0 Å². The van der Waals surface area contributed by atoms with E-state index in [-0.39, 0.29) is 16.4 Å². The molecule has 1 N–H and O–H groups in total. The Morgan fingerprint density at radius 3 is 2.08 bits per heavy atom. The summed E-state index contributed by atoms with van der Waals surface area (Å²) in [5.74, 6) is -0.321. The molecular formula is C29H24N2O5S2. The third-order valence-corrected chi connectivity index (χ3v) is 8.08. The minimum Gasteiger partial charge on any atom is -0.289 e. The second-order valence-corrected chi connectivity index (χ2v) is 11.4. The Hall–Kier alpha value is -4.21. The fourth-order valence-corrected chi connectivity index (χ4v) is 5.46. The van der Waals surface area contributed by atoms with E-state index >= 15 is 0 Å². The highest BCUT2D eigenvalue weighted by Gasteiger charge is 2.16. The van der Waals surface area contributed by atoms with Gasteiger partial charge in [-0.1, -0.05) is 59.3 Å². The van der Waals surface area contributed by atoms with E-state index in [1.54, 1.807) is 24.3 Å². The Labute approximate surface area is 225 Å². The maximum Gasteiger partial charge on any atom is 0.283 e. The van der Waals surface area contributed by atoms with Gasteiger partial charge in [-0.15, -0.1) is 0 Å². The Balaban J connectivity index is 1.45.